The summed E-state index contributed by atoms with van der Waals surface area (Å²) in [5, 5.41) is 0. The van der Waals surface area contributed by atoms with Gasteiger partial charge < -0.3 is 0 Å². The molecule has 0 heterocycles. The van der Waals surface area contributed by atoms with Crippen molar-refractivity contribution < 1.29 is 0 Å². The normalized spacial score (nSPS) is 11.7. The van der Waals surface area contributed by atoms with Crippen LogP contribution in [0.3, 0.4) is 0 Å². The lowest BCUT2D eigenvalue weighted by Crippen LogP contribution is -2.12. The van der Waals surface area contributed by atoms with Crippen molar-refractivity contribution in [3.8, 4) is 0 Å². The number of halogens is 1. The van der Waals surface area contributed by atoms with Crippen LogP contribution >= 0.6 is 28.6 Å². The van der Waals surface area contributed by atoms with Crippen LogP contribution in [0.25, 0.3) is 0 Å². The first kappa shape index (κ1) is 11.1. The lowest BCUT2D eigenvalue weighted by molar-refractivity contribution is 0.724. The molecule has 0 spiro atoms. The van der Waals surface area contributed by atoms with Crippen LogP contribution in [0.5, 0.6) is 0 Å². The maximum absolute atomic E-state index is 4.22. The highest BCUT2D eigenvalue weighted by molar-refractivity contribution is 9.10. The van der Waals surface area contributed by atoms with Crippen LogP contribution in [0, 0.1) is 0 Å². The van der Waals surface area contributed by atoms with Crippen molar-refractivity contribution in [3.05, 3.63) is 35.4 Å². The molecule has 0 N–H and O–H groups in total. The molecule has 13 heavy (non-hydrogen) atoms. The minimum Gasteiger partial charge on any atom is -0.175 e. The second-order valence-electron chi connectivity index (χ2n) is 3.87. The van der Waals surface area contributed by atoms with Gasteiger partial charge in [0.15, 0.2) is 0 Å². The predicted octanol–water partition coefficient (Wildman–Crippen LogP) is 3.83. The monoisotopic (exact) mass is 258 g/mol. The summed E-state index contributed by atoms with van der Waals surface area (Å²) in [5.74, 6) is 0.817. The third kappa shape index (κ3) is 4.19. The van der Waals surface area contributed by atoms with Crippen molar-refractivity contribution in [3.63, 3.8) is 0 Å². The van der Waals surface area contributed by atoms with Crippen LogP contribution in [0.4, 0.5) is 0 Å². The summed E-state index contributed by atoms with van der Waals surface area (Å²) >= 11 is 7.86. The Kier molecular flexibility index (Phi) is 3.87. The van der Waals surface area contributed by atoms with E-state index in [9.17, 15) is 0 Å². The van der Waals surface area contributed by atoms with Gasteiger partial charge in [-0.25, -0.2) is 0 Å². The second-order valence-corrected chi connectivity index (χ2v) is 6.33. The fourth-order valence-electron chi connectivity index (χ4n) is 1.25. The van der Waals surface area contributed by atoms with Crippen molar-refractivity contribution in [2.75, 3.05) is 0 Å². The van der Waals surface area contributed by atoms with Gasteiger partial charge in [-0.3, -0.25) is 0 Å². The molecule has 0 aliphatic heterocycles. The molecule has 1 aromatic carbocycles. The molecule has 0 bridgehead atoms. The molecule has 0 amide bonds. The summed E-state index contributed by atoms with van der Waals surface area (Å²) < 4.78 is 0.190. The van der Waals surface area contributed by atoms with Gasteiger partial charge in [0.25, 0.3) is 0 Å². The maximum atomic E-state index is 4.22. The van der Waals surface area contributed by atoms with Crippen LogP contribution < -0.4 is 0 Å². The van der Waals surface area contributed by atoms with E-state index in [1.807, 2.05) is 0 Å². The summed E-state index contributed by atoms with van der Waals surface area (Å²) in [6, 6.07) is 8.63. The number of thiol groups is 1. The van der Waals surface area contributed by atoms with Crippen LogP contribution in [0.1, 0.15) is 25.0 Å². The lowest BCUT2D eigenvalue weighted by atomic mass is 10.0. The number of hydrogen-bond acceptors (Lipinski definition) is 1. The average molecular weight is 259 g/mol. The van der Waals surface area contributed by atoms with E-state index in [2.05, 4.69) is 66.7 Å². The van der Waals surface area contributed by atoms with Crippen molar-refractivity contribution in [2.24, 2.45) is 0 Å². The fraction of sp³-hybridized carbons (Fsp3) is 0.455. The second kappa shape index (κ2) is 4.52. The summed E-state index contributed by atoms with van der Waals surface area (Å²) in [7, 11) is 0. The van der Waals surface area contributed by atoms with E-state index in [0.717, 1.165) is 12.2 Å². The Morgan fingerprint density at radius 1 is 1.15 bits per heavy atom. The van der Waals surface area contributed by atoms with E-state index in [0.29, 0.717) is 0 Å². The molecule has 0 atom stereocenters. The Morgan fingerprint density at radius 2 is 1.62 bits per heavy atom. The number of benzene rings is 1. The Labute approximate surface area is 94.3 Å². The van der Waals surface area contributed by atoms with Crippen LogP contribution in [-0.4, -0.2) is 4.32 Å². The molecule has 72 valence electrons. The van der Waals surface area contributed by atoms with Crippen molar-refractivity contribution in [1.82, 2.24) is 0 Å². The van der Waals surface area contributed by atoms with E-state index < -0.39 is 0 Å². The van der Waals surface area contributed by atoms with Crippen LogP contribution in [0.2, 0.25) is 0 Å². The molecule has 0 aromatic heterocycles. The smallest absolute Gasteiger partial charge is 0.0242 e. The first-order chi connectivity index (χ1) is 6.01. The van der Waals surface area contributed by atoms with Gasteiger partial charge in [0.05, 0.1) is 0 Å². The predicted molar refractivity (Wildman–Crippen MR) is 65.8 cm³/mol. The fourth-order valence-corrected chi connectivity index (χ4v) is 1.78. The van der Waals surface area contributed by atoms with Crippen LogP contribution in [0.15, 0.2) is 24.3 Å². The summed E-state index contributed by atoms with van der Waals surface area (Å²) in [6.07, 6.45) is 1.06. The highest BCUT2D eigenvalue weighted by Crippen LogP contribution is 2.22. The number of hydrogen-bond donors (Lipinski definition) is 1. The van der Waals surface area contributed by atoms with Crippen molar-refractivity contribution in [2.45, 2.75) is 30.3 Å². The standard InChI is InChI=1S/C11H15BrS/c1-11(2,12)7-9-3-5-10(8-13)6-4-9/h3-6,13H,7-8H2,1-2H3. The molecule has 2 heteroatoms. The molecule has 0 saturated carbocycles. The zero-order valence-electron chi connectivity index (χ0n) is 8.05. The summed E-state index contributed by atoms with van der Waals surface area (Å²) in [4.78, 5) is 0. The van der Waals surface area contributed by atoms with E-state index in [1.165, 1.54) is 11.1 Å². The van der Waals surface area contributed by atoms with E-state index in [1.54, 1.807) is 0 Å². The maximum Gasteiger partial charge on any atom is 0.0242 e. The Bertz CT molecular complexity index is 258. The minimum absolute atomic E-state index is 0.190. The van der Waals surface area contributed by atoms with E-state index in [4.69, 9.17) is 0 Å². The summed E-state index contributed by atoms with van der Waals surface area (Å²) in [5.41, 5.74) is 2.65. The number of alkyl halides is 1. The van der Waals surface area contributed by atoms with Crippen LogP contribution in [-0.2, 0) is 12.2 Å². The summed E-state index contributed by atoms with van der Waals surface area (Å²) in [6.45, 7) is 4.36. The molecule has 1 aromatic rings. The number of rotatable bonds is 3. The van der Waals surface area contributed by atoms with Gasteiger partial charge in [-0.05, 0) is 31.4 Å². The first-order valence-corrected chi connectivity index (χ1v) is 5.81. The molecule has 0 fully saturated rings. The van der Waals surface area contributed by atoms with Gasteiger partial charge in [0.2, 0.25) is 0 Å². The Hall–Kier alpha value is 0.0500. The lowest BCUT2D eigenvalue weighted by Gasteiger charge is -2.15. The zero-order chi connectivity index (χ0) is 9.90. The van der Waals surface area contributed by atoms with Gasteiger partial charge in [-0.2, -0.15) is 12.6 Å². The molecule has 0 nitrogen and oxygen atoms in total. The third-order valence-corrected chi connectivity index (χ3v) is 2.48. The SMILES string of the molecule is CC(C)(Br)Cc1ccc(CS)cc1. The van der Waals surface area contributed by atoms with Gasteiger partial charge in [-0.1, -0.05) is 40.2 Å². The third-order valence-electron chi connectivity index (χ3n) is 1.83. The van der Waals surface area contributed by atoms with Crippen molar-refractivity contribution in [1.29, 1.82) is 0 Å². The van der Waals surface area contributed by atoms with Gasteiger partial charge >= 0.3 is 0 Å². The topological polar surface area (TPSA) is 0 Å². The quantitative estimate of drug-likeness (QED) is 0.619. The van der Waals surface area contributed by atoms with E-state index >= 15 is 0 Å². The van der Waals surface area contributed by atoms with Gasteiger partial charge in [-0.15, -0.1) is 0 Å². The van der Waals surface area contributed by atoms with Crippen molar-refractivity contribution >= 4 is 28.6 Å². The van der Waals surface area contributed by atoms with Gasteiger partial charge in [0.1, 0.15) is 0 Å². The molecular weight excluding hydrogens is 244 g/mol. The molecular formula is C11H15BrS. The Balaban J connectivity index is 2.70. The Morgan fingerprint density at radius 3 is 2.00 bits per heavy atom. The van der Waals surface area contributed by atoms with Gasteiger partial charge in [0, 0.05) is 10.1 Å². The zero-order valence-corrected chi connectivity index (χ0v) is 10.5. The minimum atomic E-state index is 0.190. The van der Waals surface area contributed by atoms with E-state index in [-0.39, 0.29) is 4.32 Å². The average Bonchev–Trinajstić information content (AvgIpc) is 2.03. The molecule has 1 rings (SSSR count). The highest BCUT2D eigenvalue weighted by atomic mass is 79.9. The molecule has 0 radical (unpaired) electrons. The molecule has 0 saturated heterocycles. The molecule has 0 aliphatic carbocycles. The molecule has 0 unspecified atom stereocenters. The largest absolute Gasteiger partial charge is 0.175 e. The first-order valence-electron chi connectivity index (χ1n) is 4.39. The highest BCUT2D eigenvalue weighted by Gasteiger charge is 2.12. The molecule has 0 aliphatic rings.